The molecule has 2 aromatic rings. The number of alkyl halides is 3. The predicted molar refractivity (Wildman–Crippen MR) is 66.8 cm³/mol. The van der Waals surface area contributed by atoms with Crippen LogP contribution in [0, 0.1) is 6.92 Å². The SMILES string of the molecule is CNc1nc(C)cc(-c2ccccc2C(F)(F)F)n1. The van der Waals surface area contributed by atoms with Crippen LogP contribution in [0.5, 0.6) is 0 Å². The van der Waals surface area contributed by atoms with Crippen molar-refractivity contribution in [2.24, 2.45) is 0 Å². The van der Waals surface area contributed by atoms with Gasteiger partial charge in [0.2, 0.25) is 5.95 Å². The number of halogens is 3. The third-order valence-corrected chi connectivity index (χ3v) is 2.59. The number of hydrogen-bond acceptors (Lipinski definition) is 3. The number of rotatable bonds is 2. The van der Waals surface area contributed by atoms with Gasteiger partial charge in [0.1, 0.15) is 0 Å². The van der Waals surface area contributed by atoms with Crippen LogP contribution in [0.4, 0.5) is 19.1 Å². The average molecular weight is 267 g/mol. The van der Waals surface area contributed by atoms with Crippen LogP contribution in [0.25, 0.3) is 11.3 Å². The molecule has 0 fully saturated rings. The van der Waals surface area contributed by atoms with Gasteiger partial charge in [-0.05, 0) is 19.1 Å². The zero-order valence-electron chi connectivity index (χ0n) is 10.4. The van der Waals surface area contributed by atoms with E-state index in [-0.39, 0.29) is 11.3 Å². The van der Waals surface area contributed by atoms with E-state index in [4.69, 9.17) is 0 Å². The molecule has 0 saturated carbocycles. The second kappa shape index (κ2) is 4.87. The van der Waals surface area contributed by atoms with Gasteiger partial charge in [-0.3, -0.25) is 0 Å². The zero-order chi connectivity index (χ0) is 14.0. The highest BCUT2D eigenvalue weighted by molar-refractivity contribution is 5.65. The summed E-state index contributed by atoms with van der Waals surface area (Å²) in [6.45, 7) is 1.71. The molecule has 2 rings (SSSR count). The van der Waals surface area contributed by atoms with Crippen molar-refractivity contribution in [3.05, 3.63) is 41.6 Å². The van der Waals surface area contributed by atoms with E-state index in [0.29, 0.717) is 11.6 Å². The number of hydrogen-bond donors (Lipinski definition) is 1. The van der Waals surface area contributed by atoms with Crippen LogP contribution in [-0.4, -0.2) is 17.0 Å². The second-order valence-corrected chi connectivity index (χ2v) is 4.01. The largest absolute Gasteiger partial charge is 0.417 e. The molecule has 1 aromatic heterocycles. The van der Waals surface area contributed by atoms with Gasteiger partial charge in [-0.15, -0.1) is 0 Å². The first-order valence-corrected chi connectivity index (χ1v) is 5.62. The Morgan fingerprint density at radius 2 is 1.79 bits per heavy atom. The topological polar surface area (TPSA) is 37.8 Å². The smallest absolute Gasteiger partial charge is 0.357 e. The Kier molecular flexibility index (Phi) is 3.42. The Labute approximate surface area is 108 Å². The van der Waals surface area contributed by atoms with Crippen LogP contribution in [0.15, 0.2) is 30.3 Å². The lowest BCUT2D eigenvalue weighted by atomic mass is 10.0. The molecule has 0 aliphatic carbocycles. The summed E-state index contributed by atoms with van der Waals surface area (Å²) in [5.41, 5.74) is 0.211. The lowest BCUT2D eigenvalue weighted by Gasteiger charge is -2.13. The van der Waals surface area contributed by atoms with Gasteiger partial charge in [0.15, 0.2) is 0 Å². The molecular formula is C13H12F3N3. The third-order valence-electron chi connectivity index (χ3n) is 2.59. The number of nitrogens with one attached hydrogen (secondary N) is 1. The second-order valence-electron chi connectivity index (χ2n) is 4.01. The van der Waals surface area contributed by atoms with Gasteiger partial charge in [0.05, 0.1) is 11.3 Å². The summed E-state index contributed by atoms with van der Waals surface area (Å²) in [6.07, 6.45) is -4.41. The molecule has 6 heteroatoms. The molecule has 1 N–H and O–H groups in total. The van der Waals surface area contributed by atoms with Gasteiger partial charge >= 0.3 is 6.18 Å². The summed E-state index contributed by atoms with van der Waals surface area (Å²) >= 11 is 0. The summed E-state index contributed by atoms with van der Waals surface area (Å²) < 4.78 is 38.9. The maximum Gasteiger partial charge on any atom is 0.417 e. The minimum atomic E-state index is -4.41. The van der Waals surface area contributed by atoms with Crippen molar-refractivity contribution in [1.29, 1.82) is 0 Å². The monoisotopic (exact) mass is 267 g/mol. The number of aryl methyl sites for hydroxylation is 1. The fourth-order valence-electron chi connectivity index (χ4n) is 1.77. The lowest BCUT2D eigenvalue weighted by Crippen LogP contribution is -2.08. The fourth-order valence-corrected chi connectivity index (χ4v) is 1.77. The van der Waals surface area contributed by atoms with Gasteiger partial charge in [0, 0.05) is 18.3 Å². The minimum absolute atomic E-state index is 0.0528. The zero-order valence-corrected chi connectivity index (χ0v) is 10.4. The van der Waals surface area contributed by atoms with Gasteiger partial charge in [0.25, 0.3) is 0 Å². The van der Waals surface area contributed by atoms with Crippen LogP contribution in [0.3, 0.4) is 0 Å². The Bertz CT molecular complexity index is 594. The Balaban J connectivity index is 2.62. The molecule has 3 nitrogen and oxygen atoms in total. The summed E-state index contributed by atoms with van der Waals surface area (Å²) in [4.78, 5) is 8.14. The summed E-state index contributed by atoms with van der Waals surface area (Å²) in [5, 5.41) is 2.73. The summed E-state index contributed by atoms with van der Waals surface area (Å²) in [7, 11) is 1.62. The van der Waals surface area contributed by atoms with E-state index in [1.54, 1.807) is 20.0 Å². The molecule has 0 amide bonds. The number of nitrogens with zero attached hydrogens (tertiary/aromatic N) is 2. The molecule has 100 valence electrons. The van der Waals surface area contributed by atoms with Crippen LogP contribution in [0.1, 0.15) is 11.3 Å². The number of benzene rings is 1. The van der Waals surface area contributed by atoms with E-state index in [9.17, 15) is 13.2 Å². The molecule has 0 spiro atoms. The van der Waals surface area contributed by atoms with E-state index < -0.39 is 11.7 Å². The van der Waals surface area contributed by atoms with Gasteiger partial charge in [-0.2, -0.15) is 13.2 Å². The Morgan fingerprint density at radius 1 is 1.11 bits per heavy atom. The number of aromatic nitrogens is 2. The van der Waals surface area contributed by atoms with Crippen molar-refractivity contribution < 1.29 is 13.2 Å². The summed E-state index contributed by atoms with van der Waals surface area (Å²) in [5.74, 6) is 0.298. The Hall–Kier alpha value is -2.11. The van der Waals surface area contributed by atoms with Crippen molar-refractivity contribution in [2.45, 2.75) is 13.1 Å². The van der Waals surface area contributed by atoms with Gasteiger partial charge in [-0.25, -0.2) is 9.97 Å². The highest BCUT2D eigenvalue weighted by atomic mass is 19.4. The standard InChI is InChI=1S/C13H12F3N3/c1-8-7-11(19-12(17-2)18-8)9-5-3-4-6-10(9)13(14,15)16/h3-7H,1-2H3,(H,17,18,19). The fraction of sp³-hybridized carbons (Fsp3) is 0.231. The first-order chi connectivity index (χ1) is 8.91. The van der Waals surface area contributed by atoms with E-state index in [1.165, 1.54) is 18.2 Å². The molecular weight excluding hydrogens is 255 g/mol. The molecule has 0 atom stereocenters. The first-order valence-electron chi connectivity index (χ1n) is 5.62. The van der Waals surface area contributed by atoms with E-state index in [1.807, 2.05) is 0 Å². The highest BCUT2D eigenvalue weighted by Gasteiger charge is 2.33. The normalized spacial score (nSPS) is 11.4. The summed E-state index contributed by atoms with van der Waals surface area (Å²) in [6, 6.07) is 6.90. The molecule has 0 bridgehead atoms. The minimum Gasteiger partial charge on any atom is -0.357 e. The van der Waals surface area contributed by atoms with Gasteiger partial charge < -0.3 is 5.32 Å². The van der Waals surface area contributed by atoms with Crippen molar-refractivity contribution >= 4 is 5.95 Å². The van der Waals surface area contributed by atoms with E-state index in [0.717, 1.165) is 6.07 Å². The van der Waals surface area contributed by atoms with Gasteiger partial charge in [-0.1, -0.05) is 18.2 Å². The molecule has 0 radical (unpaired) electrons. The van der Waals surface area contributed by atoms with E-state index >= 15 is 0 Å². The molecule has 1 aromatic carbocycles. The van der Waals surface area contributed by atoms with Crippen LogP contribution >= 0.6 is 0 Å². The maximum atomic E-state index is 13.0. The lowest BCUT2D eigenvalue weighted by molar-refractivity contribution is -0.137. The molecule has 0 saturated heterocycles. The third kappa shape index (κ3) is 2.83. The number of anilines is 1. The van der Waals surface area contributed by atoms with E-state index in [2.05, 4.69) is 15.3 Å². The molecule has 0 aliphatic heterocycles. The van der Waals surface area contributed by atoms with Crippen LogP contribution in [-0.2, 0) is 6.18 Å². The van der Waals surface area contributed by atoms with Crippen molar-refractivity contribution in [3.8, 4) is 11.3 Å². The molecule has 0 aliphatic rings. The maximum absolute atomic E-state index is 13.0. The van der Waals surface area contributed by atoms with Crippen molar-refractivity contribution in [2.75, 3.05) is 12.4 Å². The average Bonchev–Trinajstić information content (AvgIpc) is 2.37. The van der Waals surface area contributed by atoms with Crippen LogP contribution < -0.4 is 5.32 Å². The molecule has 0 unspecified atom stereocenters. The predicted octanol–water partition coefficient (Wildman–Crippen LogP) is 3.51. The highest BCUT2D eigenvalue weighted by Crippen LogP contribution is 2.36. The Morgan fingerprint density at radius 3 is 2.42 bits per heavy atom. The molecule has 1 heterocycles. The molecule has 19 heavy (non-hydrogen) atoms. The quantitative estimate of drug-likeness (QED) is 0.904. The first kappa shape index (κ1) is 13.3. The van der Waals surface area contributed by atoms with Crippen LogP contribution in [0.2, 0.25) is 0 Å². The van der Waals surface area contributed by atoms with Crippen molar-refractivity contribution in [3.63, 3.8) is 0 Å². The van der Waals surface area contributed by atoms with Crippen molar-refractivity contribution in [1.82, 2.24) is 9.97 Å².